The largest absolute Gasteiger partial charge is 1.00 e. The van der Waals surface area contributed by atoms with E-state index in [0.717, 1.165) is 30.8 Å². The van der Waals surface area contributed by atoms with Gasteiger partial charge in [-0.05, 0) is 32.4 Å². The van der Waals surface area contributed by atoms with Gasteiger partial charge in [0.25, 0.3) is 0 Å². The molecule has 0 saturated heterocycles. The Balaban J connectivity index is -0.000000119. The summed E-state index contributed by atoms with van der Waals surface area (Å²) in [4.78, 5) is 60.7. The van der Waals surface area contributed by atoms with Gasteiger partial charge in [0.05, 0.1) is 32.0 Å². The van der Waals surface area contributed by atoms with Crippen molar-refractivity contribution < 1.29 is 87.1 Å². The SMILES string of the molecule is CC(=O)Cl.CCOC(=O)/C=C/OC(C)=O.CCOC(=O)/C=C/[O-].CCOC(=O)/C=C\OC(C)=O.[Na+]. The van der Waals surface area contributed by atoms with Crippen molar-refractivity contribution in [3.05, 3.63) is 37.0 Å². The second-order valence-electron chi connectivity index (χ2n) is 4.85. The Morgan fingerprint density at radius 3 is 1.11 bits per heavy atom. The van der Waals surface area contributed by atoms with Crippen LogP contribution in [0, 0.1) is 0 Å². The summed E-state index contributed by atoms with van der Waals surface area (Å²) in [6, 6.07) is 0. The monoisotopic (exact) mass is 532 g/mol. The number of esters is 5. The van der Waals surface area contributed by atoms with Crippen molar-refractivity contribution in [2.24, 2.45) is 0 Å². The van der Waals surface area contributed by atoms with Crippen molar-refractivity contribution >= 4 is 46.7 Å². The smallest absolute Gasteiger partial charge is 0.878 e. The number of rotatable bonds is 8. The maximum Gasteiger partial charge on any atom is 1.00 e. The quantitative estimate of drug-likeness (QED) is 0.0881. The van der Waals surface area contributed by atoms with E-state index < -0.39 is 29.8 Å². The topological polar surface area (TPSA) is 172 Å². The fraction of sp³-hybridized carbons (Fsp3) is 0.429. The first kappa shape index (κ1) is 42.5. The average Bonchev–Trinajstić information content (AvgIpc) is 2.69. The molecule has 0 amide bonds. The van der Waals surface area contributed by atoms with Gasteiger partial charge >= 0.3 is 59.4 Å². The molecule has 0 aliphatic rings. The van der Waals surface area contributed by atoms with Crippen LogP contribution in [0.2, 0.25) is 0 Å². The number of carbonyl (C=O) groups excluding carboxylic acids is 6. The van der Waals surface area contributed by atoms with Crippen molar-refractivity contribution in [2.75, 3.05) is 19.8 Å². The van der Waals surface area contributed by atoms with Crippen LogP contribution in [0.15, 0.2) is 37.0 Å². The van der Waals surface area contributed by atoms with E-state index in [2.05, 4.69) is 35.3 Å². The average molecular weight is 533 g/mol. The number of carbonyl (C=O) groups is 6. The van der Waals surface area contributed by atoms with E-state index in [-0.39, 0.29) is 34.8 Å². The maximum atomic E-state index is 10.5. The molecular weight excluding hydrogens is 503 g/mol. The standard InChI is InChI=1S/2C7H10O4.C5H8O3.C2H3ClO.Na/c2*1-3-10-7(9)4-5-11-6(2)8;1-2-8-5(7)3-4-6;1-2(3)4;/h2*4-5H,3H2,1-2H3;3-4,6H,2H2,1H3;1H3;/q;;;;+1/p-1/b5-4+;5-4-;4-3+;;. The summed E-state index contributed by atoms with van der Waals surface area (Å²) >= 11 is 4.64. The van der Waals surface area contributed by atoms with E-state index in [1.807, 2.05) is 0 Å². The minimum absolute atomic E-state index is 0. The molecule has 35 heavy (non-hydrogen) atoms. The van der Waals surface area contributed by atoms with Gasteiger partial charge in [0.1, 0.15) is 12.5 Å². The molecule has 0 heterocycles. The number of hydrogen-bond acceptors (Lipinski definition) is 12. The Labute approximate surface area is 231 Å². The summed E-state index contributed by atoms with van der Waals surface area (Å²) in [7, 11) is 0. The molecule has 0 fully saturated rings. The van der Waals surface area contributed by atoms with E-state index in [4.69, 9.17) is 0 Å². The zero-order valence-electron chi connectivity index (χ0n) is 20.9. The van der Waals surface area contributed by atoms with E-state index in [1.165, 1.54) is 20.8 Å². The predicted molar refractivity (Wildman–Crippen MR) is 117 cm³/mol. The molecular formula is C21H30ClNaO12. The van der Waals surface area contributed by atoms with Crippen LogP contribution in [0.1, 0.15) is 41.5 Å². The van der Waals surface area contributed by atoms with Crippen LogP contribution < -0.4 is 34.7 Å². The van der Waals surface area contributed by atoms with Gasteiger partial charge in [0, 0.05) is 26.8 Å². The summed E-state index contributed by atoms with van der Waals surface area (Å²) in [5.74, 6) is -2.55. The van der Waals surface area contributed by atoms with Crippen molar-refractivity contribution in [1.82, 2.24) is 0 Å². The zero-order chi connectivity index (χ0) is 27.4. The fourth-order valence-corrected chi connectivity index (χ4v) is 0.997. The molecule has 0 aromatic carbocycles. The van der Waals surface area contributed by atoms with Crippen LogP contribution in [0.5, 0.6) is 0 Å². The third-order valence-electron chi connectivity index (χ3n) is 1.94. The summed E-state index contributed by atoms with van der Waals surface area (Å²) in [5.41, 5.74) is 0. The van der Waals surface area contributed by atoms with Gasteiger partial charge in [-0.1, -0.05) is 0 Å². The molecule has 0 rings (SSSR count). The van der Waals surface area contributed by atoms with E-state index in [1.54, 1.807) is 20.8 Å². The molecule has 14 heteroatoms. The Kier molecular flexibility index (Phi) is 40.7. The molecule has 0 radical (unpaired) electrons. The van der Waals surface area contributed by atoms with Gasteiger partial charge < -0.3 is 28.8 Å². The first-order valence-electron chi connectivity index (χ1n) is 9.49. The van der Waals surface area contributed by atoms with Crippen molar-refractivity contribution in [2.45, 2.75) is 41.5 Å². The summed E-state index contributed by atoms with van der Waals surface area (Å²) in [5, 5.41) is 9.17. The van der Waals surface area contributed by atoms with Crippen molar-refractivity contribution in [3.8, 4) is 0 Å². The van der Waals surface area contributed by atoms with Crippen LogP contribution in [0.4, 0.5) is 0 Å². The van der Waals surface area contributed by atoms with Crippen molar-refractivity contribution in [3.63, 3.8) is 0 Å². The van der Waals surface area contributed by atoms with Crippen LogP contribution >= 0.6 is 11.6 Å². The van der Waals surface area contributed by atoms with E-state index >= 15 is 0 Å². The Hall–Kier alpha value is -2.67. The summed E-state index contributed by atoms with van der Waals surface area (Å²) in [6.07, 6.45) is 5.33. The number of halogens is 1. The van der Waals surface area contributed by atoms with Crippen LogP contribution in [0.25, 0.3) is 0 Å². The van der Waals surface area contributed by atoms with Crippen LogP contribution in [0.3, 0.4) is 0 Å². The third kappa shape index (κ3) is 59.2. The van der Waals surface area contributed by atoms with Gasteiger partial charge in [-0.2, -0.15) is 0 Å². The first-order valence-corrected chi connectivity index (χ1v) is 9.87. The zero-order valence-corrected chi connectivity index (χ0v) is 23.6. The van der Waals surface area contributed by atoms with Crippen LogP contribution in [-0.4, -0.2) is 54.9 Å². The molecule has 0 aromatic rings. The Bertz CT molecular complexity index is 658. The minimum atomic E-state index is -0.581. The molecule has 0 aromatic heterocycles. The molecule has 0 aliphatic heterocycles. The van der Waals surface area contributed by atoms with Crippen LogP contribution in [-0.2, 0) is 52.5 Å². The van der Waals surface area contributed by atoms with Gasteiger partial charge in [-0.25, -0.2) is 14.4 Å². The van der Waals surface area contributed by atoms with Gasteiger partial charge in [0.15, 0.2) is 0 Å². The molecule has 0 unspecified atom stereocenters. The fourth-order valence-electron chi connectivity index (χ4n) is 0.997. The van der Waals surface area contributed by atoms with Crippen molar-refractivity contribution in [1.29, 1.82) is 0 Å². The maximum absolute atomic E-state index is 10.5. The Morgan fingerprint density at radius 2 is 0.914 bits per heavy atom. The first-order chi connectivity index (χ1) is 15.9. The third-order valence-corrected chi connectivity index (χ3v) is 1.94. The second kappa shape index (κ2) is 33.5. The number of ether oxygens (including phenoxy) is 5. The molecule has 0 spiro atoms. The molecule has 12 nitrogen and oxygen atoms in total. The normalized spacial score (nSPS) is 9.00. The number of hydrogen-bond donors (Lipinski definition) is 0. The second-order valence-corrected chi connectivity index (χ2v) is 5.39. The van der Waals surface area contributed by atoms with Gasteiger partial charge in [-0.3, -0.25) is 14.4 Å². The summed E-state index contributed by atoms with van der Waals surface area (Å²) in [6.45, 7) is 9.77. The molecule has 0 atom stereocenters. The van der Waals surface area contributed by atoms with Gasteiger partial charge in [-0.15, -0.1) is 6.26 Å². The molecule has 0 saturated carbocycles. The van der Waals surface area contributed by atoms with Gasteiger partial charge in [0.2, 0.25) is 5.24 Å². The minimum Gasteiger partial charge on any atom is -0.878 e. The summed E-state index contributed by atoms with van der Waals surface area (Å²) < 4.78 is 22.0. The molecule has 0 bridgehead atoms. The molecule has 0 N–H and O–H groups in total. The predicted octanol–water partition coefficient (Wildman–Crippen LogP) is -1.55. The Morgan fingerprint density at radius 1 is 0.657 bits per heavy atom. The van der Waals surface area contributed by atoms with E-state index in [0.29, 0.717) is 26.1 Å². The molecule has 194 valence electrons. The molecule has 0 aliphatic carbocycles. The van der Waals surface area contributed by atoms with E-state index in [9.17, 15) is 33.9 Å².